The SMILES string of the molecule is C=C(C(=O)Cc1ccc(SC)cc1)C1CCNC1=O. The van der Waals surface area contributed by atoms with E-state index in [1.165, 1.54) is 4.90 Å². The molecule has 0 spiro atoms. The molecule has 1 aliphatic rings. The zero-order chi connectivity index (χ0) is 13.8. The molecule has 4 heteroatoms. The molecule has 0 saturated carbocycles. The van der Waals surface area contributed by atoms with Crippen molar-refractivity contribution in [2.75, 3.05) is 12.8 Å². The van der Waals surface area contributed by atoms with Crippen LogP contribution >= 0.6 is 11.8 Å². The quantitative estimate of drug-likeness (QED) is 0.662. The van der Waals surface area contributed by atoms with Gasteiger partial charge in [-0.2, -0.15) is 0 Å². The Balaban J connectivity index is 1.99. The van der Waals surface area contributed by atoms with Gasteiger partial charge in [0.2, 0.25) is 5.91 Å². The minimum absolute atomic E-state index is 0.0426. The summed E-state index contributed by atoms with van der Waals surface area (Å²) >= 11 is 1.67. The van der Waals surface area contributed by atoms with Crippen LogP contribution < -0.4 is 5.32 Å². The van der Waals surface area contributed by atoms with Crippen LogP contribution in [-0.4, -0.2) is 24.5 Å². The molecule has 0 radical (unpaired) electrons. The second-order valence-corrected chi connectivity index (χ2v) is 5.49. The third kappa shape index (κ3) is 3.26. The number of hydrogen-bond acceptors (Lipinski definition) is 3. The van der Waals surface area contributed by atoms with Gasteiger partial charge in [-0.1, -0.05) is 18.7 Å². The van der Waals surface area contributed by atoms with Gasteiger partial charge in [-0.25, -0.2) is 0 Å². The summed E-state index contributed by atoms with van der Waals surface area (Å²) in [5.74, 6) is -0.451. The molecule has 1 heterocycles. The molecule has 1 fully saturated rings. The van der Waals surface area contributed by atoms with E-state index in [-0.39, 0.29) is 17.6 Å². The maximum atomic E-state index is 12.1. The fourth-order valence-corrected chi connectivity index (χ4v) is 2.57. The fourth-order valence-electron chi connectivity index (χ4n) is 2.16. The van der Waals surface area contributed by atoms with E-state index < -0.39 is 0 Å². The Hall–Kier alpha value is -1.55. The molecule has 0 bridgehead atoms. The number of nitrogens with one attached hydrogen (secondary N) is 1. The molecule has 1 atom stereocenters. The maximum absolute atomic E-state index is 12.1. The van der Waals surface area contributed by atoms with Crippen LogP contribution in [0.25, 0.3) is 0 Å². The van der Waals surface area contributed by atoms with Crippen LogP contribution in [0.3, 0.4) is 0 Å². The number of benzene rings is 1. The Bertz CT molecular complexity index is 507. The van der Waals surface area contributed by atoms with Crippen LogP contribution in [0.5, 0.6) is 0 Å². The highest BCUT2D eigenvalue weighted by atomic mass is 32.2. The summed E-state index contributed by atoms with van der Waals surface area (Å²) in [6.07, 6.45) is 3.01. The predicted octanol–water partition coefficient (Wildman–Crippen LogP) is 2.21. The van der Waals surface area contributed by atoms with Gasteiger partial charge in [0.25, 0.3) is 0 Å². The average molecular weight is 275 g/mol. The van der Waals surface area contributed by atoms with E-state index in [2.05, 4.69) is 11.9 Å². The first-order valence-corrected chi connectivity index (χ1v) is 7.47. The van der Waals surface area contributed by atoms with Crippen molar-refractivity contribution >= 4 is 23.5 Å². The minimum Gasteiger partial charge on any atom is -0.356 e. The van der Waals surface area contributed by atoms with Gasteiger partial charge in [-0.3, -0.25) is 9.59 Å². The van der Waals surface area contributed by atoms with Gasteiger partial charge in [0.05, 0.1) is 5.92 Å². The number of ketones is 1. The smallest absolute Gasteiger partial charge is 0.227 e. The number of rotatable bonds is 5. The molecule has 1 saturated heterocycles. The molecule has 0 aromatic heterocycles. The van der Waals surface area contributed by atoms with Crippen molar-refractivity contribution in [2.24, 2.45) is 5.92 Å². The largest absolute Gasteiger partial charge is 0.356 e. The molecule has 0 aliphatic carbocycles. The molecule has 1 unspecified atom stereocenters. The van der Waals surface area contributed by atoms with Crippen molar-refractivity contribution in [1.29, 1.82) is 0 Å². The lowest BCUT2D eigenvalue weighted by atomic mass is 9.92. The van der Waals surface area contributed by atoms with Crippen LogP contribution in [0, 0.1) is 5.92 Å². The van der Waals surface area contributed by atoms with E-state index in [0.717, 1.165) is 5.56 Å². The van der Waals surface area contributed by atoms with Crippen molar-refractivity contribution < 1.29 is 9.59 Å². The number of amides is 1. The molecule has 1 aromatic carbocycles. The normalized spacial score (nSPS) is 18.2. The average Bonchev–Trinajstić information content (AvgIpc) is 2.85. The first kappa shape index (κ1) is 13.9. The number of Topliss-reactive ketones (excluding diaryl/α,β-unsaturated/α-hetero) is 1. The number of hydrogen-bond donors (Lipinski definition) is 1. The van der Waals surface area contributed by atoms with E-state index in [4.69, 9.17) is 0 Å². The molecule has 3 nitrogen and oxygen atoms in total. The molecule has 19 heavy (non-hydrogen) atoms. The van der Waals surface area contributed by atoms with Crippen molar-refractivity contribution in [3.05, 3.63) is 42.0 Å². The van der Waals surface area contributed by atoms with E-state index in [1.54, 1.807) is 11.8 Å². The van der Waals surface area contributed by atoms with Crippen molar-refractivity contribution in [3.8, 4) is 0 Å². The zero-order valence-electron chi connectivity index (χ0n) is 10.9. The summed E-state index contributed by atoms with van der Waals surface area (Å²) in [5.41, 5.74) is 1.39. The highest BCUT2D eigenvalue weighted by Gasteiger charge is 2.29. The first-order valence-electron chi connectivity index (χ1n) is 6.24. The molecular formula is C15H17NO2S. The lowest BCUT2D eigenvalue weighted by Gasteiger charge is -2.10. The highest BCUT2D eigenvalue weighted by molar-refractivity contribution is 7.98. The van der Waals surface area contributed by atoms with Gasteiger partial charge in [-0.15, -0.1) is 11.8 Å². The lowest BCUT2D eigenvalue weighted by molar-refractivity contribution is -0.123. The first-order chi connectivity index (χ1) is 9.11. The van der Waals surface area contributed by atoms with Gasteiger partial charge in [-0.05, 0) is 30.4 Å². The molecule has 2 rings (SSSR count). The summed E-state index contributed by atoms with van der Waals surface area (Å²) in [7, 11) is 0. The third-order valence-electron chi connectivity index (χ3n) is 3.35. The zero-order valence-corrected chi connectivity index (χ0v) is 11.8. The molecule has 1 aliphatic heterocycles. The van der Waals surface area contributed by atoms with Gasteiger partial charge in [0.1, 0.15) is 0 Å². The van der Waals surface area contributed by atoms with Crippen LogP contribution in [0.15, 0.2) is 41.3 Å². The number of carbonyl (C=O) groups excluding carboxylic acids is 2. The van der Waals surface area contributed by atoms with Crippen molar-refractivity contribution in [2.45, 2.75) is 17.7 Å². The van der Waals surface area contributed by atoms with Crippen LogP contribution in [0.1, 0.15) is 12.0 Å². The Morgan fingerprint density at radius 2 is 2.11 bits per heavy atom. The van der Waals surface area contributed by atoms with Crippen molar-refractivity contribution in [3.63, 3.8) is 0 Å². The highest BCUT2D eigenvalue weighted by Crippen LogP contribution is 2.21. The maximum Gasteiger partial charge on any atom is 0.227 e. The molecule has 1 amide bonds. The van der Waals surface area contributed by atoms with Crippen LogP contribution in [0.2, 0.25) is 0 Å². The van der Waals surface area contributed by atoms with Gasteiger partial charge < -0.3 is 5.32 Å². The van der Waals surface area contributed by atoms with E-state index in [0.29, 0.717) is 25.0 Å². The van der Waals surface area contributed by atoms with Crippen LogP contribution in [0.4, 0.5) is 0 Å². The lowest BCUT2D eigenvalue weighted by Crippen LogP contribution is -2.23. The Labute approximate surface area is 117 Å². The summed E-state index contributed by atoms with van der Waals surface area (Å²) < 4.78 is 0. The predicted molar refractivity (Wildman–Crippen MR) is 77.2 cm³/mol. The molecule has 100 valence electrons. The van der Waals surface area contributed by atoms with Gasteiger partial charge in [0.15, 0.2) is 5.78 Å². The standard InChI is InChI=1S/C15H17NO2S/c1-10(13-7-8-16-15(13)18)14(17)9-11-3-5-12(19-2)6-4-11/h3-6,13H,1,7-9H2,2H3,(H,16,18). The second-order valence-electron chi connectivity index (χ2n) is 4.61. The van der Waals surface area contributed by atoms with E-state index in [1.807, 2.05) is 30.5 Å². The van der Waals surface area contributed by atoms with Crippen LogP contribution in [-0.2, 0) is 16.0 Å². The van der Waals surface area contributed by atoms with Gasteiger partial charge in [0, 0.05) is 23.4 Å². The Morgan fingerprint density at radius 1 is 1.42 bits per heavy atom. The topological polar surface area (TPSA) is 46.2 Å². The summed E-state index contributed by atoms with van der Waals surface area (Å²) in [4.78, 5) is 24.8. The second kappa shape index (κ2) is 6.06. The fraction of sp³-hybridized carbons (Fsp3) is 0.333. The molecule has 1 N–H and O–H groups in total. The minimum atomic E-state index is -0.335. The Morgan fingerprint density at radius 3 is 2.63 bits per heavy atom. The molecule has 1 aromatic rings. The summed E-state index contributed by atoms with van der Waals surface area (Å²) in [6.45, 7) is 4.44. The molecular weight excluding hydrogens is 258 g/mol. The van der Waals surface area contributed by atoms with E-state index in [9.17, 15) is 9.59 Å². The monoisotopic (exact) mass is 275 g/mol. The van der Waals surface area contributed by atoms with E-state index >= 15 is 0 Å². The summed E-state index contributed by atoms with van der Waals surface area (Å²) in [5, 5.41) is 2.73. The summed E-state index contributed by atoms with van der Waals surface area (Å²) in [6, 6.07) is 7.90. The number of carbonyl (C=O) groups is 2. The van der Waals surface area contributed by atoms with Crippen molar-refractivity contribution in [1.82, 2.24) is 5.32 Å². The Kier molecular flexibility index (Phi) is 4.43. The third-order valence-corrected chi connectivity index (χ3v) is 4.09. The van der Waals surface area contributed by atoms with Gasteiger partial charge >= 0.3 is 0 Å². The number of thioether (sulfide) groups is 1.